The van der Waals surface area contributed by atoms with Crippen molar-refractivity contribution in [1.29, 1.82) is 0 Å². The molecule has 0 bridgehead atoms. The highest BCUT2D eigenvalue weighted by Crippen LogP contribution is 2.49. The lowest BCUT2D eigenvalue weighted by Crippen LogP contribution is -2.22. The average Bonchev–Trinajstić information content (AvgIpc) is 2.00. The molecule has 3 nitrogen and oxygen atoms in total. The van der Waals surface area contributed by atoms with Crippen LogP contribution in [0, 0.1) is 0 Å². The van der Waals surface area contributed by atoms with Crippen LogP contribution in [0.2, 0.25) is 0 Å². The fourth-order valence-corrected chi connectivity index (χ4v) is 1.37. The Hall–Kier alpha value is -0.120. The smallest absolute Gasteiger partial charge is 0.110 e. The molecule has 2 fully saturated rings. The molecule has 2 aliphatic rings. The molecule has 2 unspecified atom stereocenters. The molecule has 0 aromatic heterocycles. The molecular weight excluding hydrogens is 106 g/mol. The summed E-state index contributed by atoms with van der Waals surface area (Å²) in [4.78, 5) is 0. The molecule has 8 heavy (non-hydrogen) atoms. The van der Waals surface area contributed by atoms with Crippen LogP contribution >= 0.6 is 0 Å². The monoisotopic (exact) mass is 115 g/mol. The van der Waals surface area contributed by atoms with Crippen molar-refractivity contribution in [3.05, 3.63) is 0 Å². The first kappa shape index (κ1) is 4.73. The van der Waals surface area contributed by atoms with Crippen LogP contribution in [-0.4, -0.2) is 34.5 Å². The van der Waals surface area contributed by atoms with Gasteiger partial charge in [-0.05, 0) is 0 Å². The van der Waals surface area contributed by atoms with Crippen molar-refractivity contribution in [1.82, 2.24) is 5.32 Å². The van der Waals surface area contributed by atoms with E-state index in [9.17, 15) is 10.2 Å². The number of nitrogens with one attached hydrogen (secondary N) is 1. The minimum Gasteiger partial charge on any atom is -0.385 e. The van der Waals surface area contributed by atoms with Gasteiger partial charge in [-0.2, -0.15) is 0 Å². The zero-order valence-corrected chi connectivity index (χ0v) is 4.52. The van der Waals surface area contributed by atoms with Crippen LogP contribution < -0.4 is 5.32 Å². The molecule has 2 atom stereocenters. The summed E-state index contributed by atoms with van der Waals surface area (Å²) < 4.78 is 0. The lowest BCUT2D eigenvalue weighted by atomic mass is 10.3. The second-order valence-electron chi connectivity index (χ2n) is 2.84. The van der Waals surface area contributed by atoms with Gasteiger partial charge < -0.3 is 15.5 Å². The maximum atomic E-state index is 9.22. The molecule has 3 heteroatoms. The third-order valence-corrected chi connectivity index (χ3v) is 2.16. The third-order valence-electron chi connectivity index (χ3n) is 2.16. The van der Waals surface area contributed by atoms with Gasteiger partial charge in [0, 0.05) is 19.5 Å². The lowest BCUT2D eigenvalue weighted by Gasteiger charge is -2.00. The second-order valence-corrected chi connectivity index (χ2v) is 2.84. The summed E-state index contributed by atoms with van der Waals surface area (Å²) in [5, 5.41) is 21.3. The van der Waals surface area contributed by atoms with Gasteiger partial charge in [0.1, 0.15) is 11.2 Å². The summed E-state index contributed by atoms with van der Waals surface area (Å²) in [5.41, 5.74) is -1.51. The first-order valence-corrected chi connectivity index (χ1v) is 2.82. The van der Waals surface area contributed by atoms with E-state index in [0.29, 0.717) is 19.5 Å². The van der Waals surface area contributed by atoms with E-state index >= 15 is 0 Å². The molecule has 1 heterocycles. The molecule has 3 N–H and O–H groups in total. The van der Waals surface area contributed by atoms with Gasteiger partial charge in [0.25, 0.3) is 0 Å². The predicted octanol–water partition coefficient (Wildman–Crippen LogP) is -1.54. The highest BCUT2D eigenvalue weighted by atomic mass is 16.4. The van der Waals surface area contributed by atoms with Crippen LogP contribution in [0.25, 0.3) is 0 Å². The molecule has 46 valence electrons. The Labute approximate surface area is 47.3 Å². The zero-order valence-electron chi connectivity index (χ0n) is 4.52. The van der Waals surface area contributed by atoms with Crippen LogP contribution in [-0.2, 0) is 0 Å². The normalized spacial score (nSPS) is 60.8. The SMILES string of the molecule is OC12CNCC1(O)C2. The molecule has 0 amide bonds. The maximum absolute atomic E-state index is 9.22. The summed E-state index contributed by atoms with van der Waals surface area (Å²) in [6, 6.07) is 0. The van der Waals surface area contributed by atoms with Gasteiger partial charge in [0.05, 0.1) is 0 Å². The van der Waals surface area contributed by atoms with Crippen LogP contribution in [0.1, 0.15) is 6.42 Å². The van der Waals surface area contributed by atoms with Crippen molar-refractivity contribution in [2.75, 3.05) is 13.1 Å². The van der Waals surface area contributed by atoms with Gasteiger partial charge >= 0.3 is 0 Å². The van der Waals surface area contributed by atoms with E-state index in [1.807, 2.05) is 0 Å². The number of hydrogen-bond donors (Lipinski definition) is 3. The highest BCUT2D eigenvalue weighted by Gasteiger charge is 2.69. The number of rotatable bonds is 0. The molecule has 0 spiro atoms. The average molecular weight is 115 g/mol. The first-order chi connectivity index (χ1) is 3.66. The Bertz CT molecular complexity index is 116. The first-order valence-electron chi connectivity index (χ1n) is 2.82. The molecule has 0 radical (unpaired) electrons. The molecule has 2 rings (SSSR count). The van der Waals surface area contributed by atoms with Gasteiger partial charge in [-0.1, -0.05) is 0 Å². The van der Waals surface area contributed by atoms with Gasteiger partial charge in [0.15, 0.2) is 0 Å². The third kappa shape index (κ3) is 0.321. The Morgan fingerprint density at radius 3 is 1.75 bits per heavy atom. The Morgan fingerprint density at radius 1 is 1.12 bits per heavy atom. The summed E-state index contributed by atoms with van der Waals surface area (Å²) in [6.07, 6.45) is 0.562. The van der Waals surface area contributed by atoms with E-state index in [1.165, 1.54) is 0 Å². The largest absolute Gasteiger partial charge is 0.385 e. The summed E-state index contributed by atoms with van der Waals surface area (Å²) in [6.45, 7) is 1.12. The predicted molar refractivity (Wildman–Crippen MR) is 27.4 cm³/mol. The van der Waals surface area contributed by atoms with E-state index in [2.05, 4.69) is 5.32 Å². The van der Waals surface area contributed by atoms with E-state index in [4.69, 9.17) is 0 Å². The molecule has 1 aliphatic carbocycles. The van der Waals surface area contributed by atoms with E-state index < -0.39 is 11.2 Å². The Kier molecular flexibility index (Phi) is 0.558. The molecule has 0 aromatic carbocycles. The number of β-amino-alcohol motifs (C(OH)–C–C–N with tert-alkyl or cyclic N) is 2. The van der Waals surface area contributed by atoms with Crippen molar-refractivity contribution >= 4 is 0 Å². The van der Waals surface area contributed by atoms with Crippen LogP contribution in [0.4, 0.5) is 0 Å². The van der Waals surface area contributed by atoms with E-state index in [0.717, 1.165) is 0 Å². The van der Waals surface area contributed by atoms with Gasteiger partial charge in [-0.25, -0.2) is 0 Å². The van der Waals surface area contributed by atoms with Gasteiger partial charge in [0.2, 0.25) is 0 Å². The van der Waals surface area contributed by atoms with Gasteiger partial charge in [-0.15, -0.1) is 0 Å². The summed E-state index contributed by atoms with van der Waals surface area (Å²) in [5.74, 6) is 0. The number of fused-ring (bicyclic) bond motifs is 1. The van der Waals surface area contributed by atoms with E-state index in [1.54, 1.807) is 0 Å². The number of hydrogen-bond acceptors (Lipinski definition) is 3. The Balaban J connectivity index is 2.26. The second kappa shape index (κ2) is 0.943. The minimum atomic E-state index is -0.757. The van der Waals surface area contributed by atoms with Crippen LogP contribution in [0.5, 0.6) is 0 Å². The minimum absolute atomic E-state index is 0.559. The fraction of sp³-hybridized carbons (Fsp3) is 1.00. The lowest BCUT2D eigenvalue weighted by molar-refractivity contribution is 0.0572. The highest BCUT2D eigenvalue weighted by molar-refractivity contribution is 5.24. The van der Waals surface area contributed by atoms with Crippen molar-refractivity contribution in [3.8, 4) is 0 Å². The molecule has 1 saturated heterocycles. The van der Waals surface area contributed by atoms with Crippen LogP contribution in [0.3, 0.4) is 0 Å². The molecule has 0 aromatic rings. The topological polar surface area (TPSA) is 52.5 Å². The van der Waals surface area contributed by atoms with Crippen molar-refractivity contribution in [2.24, 2.45) is 0 Å². The Morgan fingerprint density at radius 2 is 1.62 bits per heavy atom. The quantitative estimate of drug-likeness (QED) is 0.358. The van der Waals surface area contributed by atoms with E-state index in [-0.39, 0.29) is 0 Å². The fourth-order valence-electron chi connectivity index (χ4n) is 1.37. The zero-order chi connectivity index (χ0) is 5.83. The summed E-state index contributed by atoms with van der Waals surface area (Å²) >= 11 is 0. The summed E-state index contributed by atoms with van der Waals surface area (Å²) in [7, 11) is 0. The van der Waals surface area contributed by atoms with Crippen molar-refractivity contribution in [3.63, 3.8) is 0 Å². The number of piperidine rings is 1. The maximum Gasteiger partial charge on any atom is 0.110 e. The van der Waals surface area contributed by atoms with Gasteiger partial charge in [-0.3, -0.25) is 0 Å². The molecular formula is C5H9NO2. The molecule has 1 aliphatic heterocycles. The van der Waals surface area contributed by atoms with Crippen molar-refractivity contribution in [2.45, 2.75) is 17.6 Å². The van der Waals surface area contributed by atoms with Crippen LogP contribution in [0.15, 0.2) is 0 Å². The standard InChI is InChI=1S/C5H9NO2/c7-4-1-5(4,8)3-6-2-4/h6-8H,1-3H2. The number of aliphatic hydroxyl groups is 2. The molecule has 1 saturated carbocycles. The van der Waals surface area contributed by atoms with Crippen molar-refractivity contribution < 1.29 is 10.2 Å².